The molecule has 1 amide bonds. The van der Waals surface area contributed by atoms with Gasteiger partial charge < -0.3 is 5.32 Å². The van der Waals surface area contributed by atoms with Crippen molar-refractivity contribution in [2.24, 2.45) is 0 Å². The Bertz CT molecular complexity index is 1330. The molecule has 0 aliphatic heterocycles. The molecule has 0 fully saturated rings. The Morgan fingerprint density at radius 3 is 2.48 bits per heavy atom. The topological polar surface area (TPSA) is 54.9 Å². The summed E-state index contributed by atoms with van der Waals surface area (Å²) in [5.41, 5.74) is 0.415. The number of anilines is 1. The molecular weight excluding hydrogens is 522 g/mol. The minimum absolute atomic E-state index is 0.0320. The maximum absolute atomic E-state index is 13.9. The van der Waals surface area contributed by atoms with Crippen LogP contribution in [0.5, 0.6) is 0 Å². The molecule has 0 unspecified atom stereocenters. The van der Waals surface area contributed by atoms with E-state index in [4.69, 9.17) is 0 Å². The van der Waals surface area contributed by atoms with E-state index in [0.717, 1.165) is 33.9 Å². The number of carbonyl (C=O) groups is 1. The predicted molar refractivity (Wildman–Crippen MR) is 123 cm³/mol. The van der Waals surface area contributed by atoms with Gasteiger partial charge in [-0.15, -0.1) is 0 Å². The lowest BCUT2D eigenvalue weighted by molar-refractivity contribution is -0.137. The number of alkyl halides is 3. The summed E-state index contributed by atoms with van der Waals surface area (Å²) < 4.78 is 53.4. The lowest BCUT2D eigenvalue weighted by Gasteiger charge is -2.11. The monoisotopic (exact) mass is 535 g/mol. The van der Waals surface area contributed by atoms with Gasteiger partial charge in [-0.05, 0) is 48.5 Å². The van der Waals surface area contributed by atoms with Crippen LogP contribution in [0.4, 0.5) is 23.2 Å². The zero-order valence-corrected chi connectivity index (χ0v) is 19.1. The van der Waals surface area contributed by atoms with Gasteiger partial charge in [0.05, 0.1) is 16.8 Å². The van der Waals surface area contributed by atoms with Gasteiger partial charge in [0.1, 0.15) is 10.8 Å². The lowest BCUT2D eigenvalue weighted by Crippen LogP contribution is -2.15. The molecule has 33 heavy (non-hydrogen) atoms. The molecule has 0 bridgehead atoms. The molecule has 0 atom stereocenters. The fourth-order valence-corrected chi connectivity index (χ4v) is 4.09. The van der Waals surface area contributed by atoms with E-state index < -0.39 is 23.5 Å². The Labute approximate surface area is 198 Å². The maximum atomic E-state index is 13.9. The molecule has 168 valence electrons. The van der Waals surface area contributed by atoms with E-state index in [1.165, 1.54) is 30.3 Å². The van der Waals surface area contributed by atoms with Crippen LogP contribution in [0, 0.1) is 5.82 Å². The van der Waals surface area contributed by atoms with Gasteiger partial charge in [0.2, 0.25) is 5.91 Å². The van der Waals surface area contributed by atoms with Crippen LogP contribution >= 0.6 is 27.7 Å². The fourth-order valence-electron chi connectivity index (χ4n) is 3.01. The summed E-state index contributed by atoms with van der Waals surface area (Å²) in [6.07, 6.45) is -4.51. The zero-order valence-electron chi connectivity index (χ0n) is 16.7. The van der Waals surface area contributed by atoms with Crippen LogP contribution in [0.1, 0.15) is 5.56 Å². The number of benzene rings is 3. The summed E-state index contributed by atoms with van der Waals surface area (Å²) >= 11 is 4.42. The minimum atomic E-state index is -4.51. The van der Waals surface area contributed by atoms with Gasteiger partial charge in [-0.1, -0.05) is 45.9 Å². The van der Waals surface area contributed by atoms with Crippen LogP contribution in [0.15, 0.2) is 76.2 Å². The number of aromatic nitrogens is 2. The van der Waals surface area contributed by atoms with E-state index in [0.29, 0.717) is 21.8 Å². The highest BCUT2D eigenvalue weighted by atomic mass is 79.9. The van der Waals surface area contributed by atoms with Gasteiger partial charge in [0.15, 0.2) is 5.82 Å². The van der Waals surface area contributed by atoms with Crippen molar-refractivity contribution in [3.8, 4) is 11.4 Å². The third kappa shape index (κ3) is 5.69. The minimum Gasteiger partial charge on any atom is -0.325 e. The van der Waals surface area contributed by atoms with Crippen molar-refractivity contribution in [2.45, 2.75) is 11.2 Å². The third-order valence-corrected chi connectivity index (χ3v) is 6.06. The average molecular weight is 536 g/mol. The van der Waals surface area contributed by atoms with Crippen molar-refractivity contribution in [3.05, 3.63) is 82.6 Å². The number of hydrogen-bond acceptors (Lipinski definition) is 4. The van der Waals surface area contributed by atoms with Gasteiger partial charge in [-0.25, -0.2) is 14.4 Å². The first-order valence-electron chi connectivity index (χ1n) is 9.52. The maximum Gasteiger partial charge on any atom is 0.416 e. The van der Waals surface area contributed by atoms with Gasteiger partial charge in [-0.2, -0.15) is 13.2 Å². The summed E-state index contributed by atoms with van der Waals surface area (Å²) in [5, 5.41) is 3.28. The quantitative estimate of drug-likeness (QED) is 0.171. The van der Waals surface area contributed by atoms with E-state index in [1.54, 1.807) is 0 Å². The first kappa shape index (κ1) is 23.2. The first-order chi connectivity index (χ1) is 15.7. The van der Waals surface area contributed by atoms with Crippen LogP contribution in [0.2, 0.25) is 0 Å². The Morgan fingerprint density at radius 1 is 1.00 bits per heavy atom. The number of fused-ring (bicyclic) bond motifs is 1. The Kier molecular flexibility index (Phi) is 6.66. The number of halogens is 5. The molecule has 4 aromatic rings. The molecule has 0 saturated carbocycles. The van der Waals surface area contributed by atoms with E-state index >= 15 is 0 Å². The molecule has 1 N–H and O–H groups in total. The van der Waals surface area contributed by atoms with E-state index in [9.17, 15) is 22.4 Å². The van der Waals surface area contributed by atoms with Crippen molar-refractivity contribution in [3.63, 3.8) is 0 Å². The molecule has 10 heteroatoms. The van der Waals surface area contributed by atoms with Crippen LogP contribution in [-0.2, 0) is 11.0 Å². The number of thioether (sulfide) groups is 1. The molecule has 0 saturated heterocycles. The molecule has 0 radical (unpaired) electrons. The van der Waals surface area contributed by atoms with E-state index in [2.05, 4.69) is 31.2 Å². The van der Waals surface area contributed by atoms with Crippen LogP contribution < -0.4 is 5.32 Å². The molecule has 4 nitrogen and oxygen atoms in total. The number of hydrogen-bond donors (Lipinski definition) is 1. The number of amides is 1. The number of carbonyl (C=O) groups excluding carboxylic acids is 1. The summed E-state index contributed by atoms with van der Waals surface area (Å²) in [6, 6.07) is 15.8. The summed E-state index contributed by atoms with van der Waals surface area (Å²) in [5.74, 6) is -0.730. The van der Waals surface area contributed by atoms with Crippen molar-refractivity contribution in [2.75, 3.05) is 11.1 Å². The molecule has 1 heterocycles. The van der Waals surface area contributed by atoms with Gasteiger partial charge in [0, 0.05) is 21.1 Å². The van der Waals surface area contributed by atoms with E-state index in [-0.39, 0.29) is 11.4 Å². The first-order valence-corrected chi connectivity index (χ1v) is 11.3. The van der Waals surface area contributed by atoms with Gasteiger partial charge >= 0.3 is 6.18 Å². The standard InChI is InChI=1S/C23H14BrF4N3OS/c24-15-6-4-13(5-7-15)21-30-19-9-8-16(25)11-18(19)22(31-21)33-12-20(32)29-17-3-1-2-14(10-17)23(26,27)28/h1-11H,12H2,(H,29,32). The molecule has 0 spiro atoms. The number of nitrogens with one attached hydrogen (secondary N) is 1. The van der Waals surface area contributed by atoms with Crippen LogP contribution in [-0.4, -0.2) is 21.6 Å². The summed E-state index contributed by atoms with van der Waals surface area (Å²) in [7, 11) is 0. The van der Waals surface area contributed by atoms with Gasteiger partial charge in [0.25, 0.3) is 0 Å². The third-order valence-electron chi connectivity index (χ3n) is 4.54. The summed E-state index contributed by atoms with van der Waals surface area (Å²) in [4.78, 5) is 21.4. The predicted octanol–water partition coefficient (Wildman–Crippen LogP) is 6.95. The van der Waals surface area contributed by atoms with Crippen molar-refractivity contribution in [1.29, 1.82) is 0 Å². The molecule has 3 aromatic carbocycles. The highest BCUT2D eigenvalue weighted by molar-refractivity contribution is 9.10. The number of nitrogens with zero attached hydrogens (tertiary/aromatic N) is 2. The Hall–Kier alpha value is -2.98. The average Bonchev–Trinajstić information content (AvgIpc) is 2.77. The van der Waals surface area contributed by atoms with Crippen LogP contribution in [0.3, 0.4) is 0 Å². The van der Waals surface area contributed by atoms with Crippen molar-refractivity contribution < 1.29 is 22.4 Å². The molecule has 1 aromatic heterocycles. The van der Waals surface area contributed by atoms with Crippen LogP contribution in [0.25, 0.3) is 22.3 Å². The second-order valence-corrected chi connectivity index (χ2v) is 8.82. The summed E-state index contributed by atoms with van der Waals surface area (Å²) in [6.45, 7) is 0. The lowest BCUT2D eigenvalue weighted by atomic mass is 10.2. The smallest absolute Gasteiger partial charge is 0.325 e. The fraction of sp³-hybridized carbons (Fsp3) is 0.0870. The Morgan fingerprint density at radius 2 is 1.76 bits per heavy atom. The largest absolute Gasteiger partial charge is 0.416 e. The molecule has 4 rings (SSSR count). The highest BCUT2D eigenvalue weighted by Crippen LogP contribution is 2.32. The van der Waals surface area contributed by atoms with Crippen molar-refractivity contribution in [1.82, 2.24) is 9.97 Å². The molecular formula is C23H14BrF4N3OS. The second kappa shape index (κ2) is 9.48. The highest BCUT2D eigenvalue weighted by Gasteiger charge is 2.30. The Balaban J connectivity index is 1.58. The molecule has 0 aliphatic rings. The zero-order chi connectivity index (χ0) is 23.6. The van der Waals surface area contributed by atoms with E-state index in [1.807, 2.05) is 24.3 Å². The SMILES string of the molecule is O=C(CSc1nc(-c2ccc(Br)cc2)nc2ccc(F)cc12)Nc1cccc(C(F)(F)F)c1. The normalized spacial score (nSPS) is 11.5. The number of rotatable bonds is 5. The molecule has 0 aliphatic carbocycles. The van der Waals surface area contributed by atoms with Gasteiger partial charge in [-0.3, -0.25) is 4.79 Å². The second-order valence-electron chi connectivity index (χ2n) is 6.94. The van der Waals surface area contributed by atoms with Crippen molar-refractivity contribution >= 4 is 50.2 Å².